The molecule has 3 nitrogen and oxygen atoms in total. The Morgan fingerprint density at radius 2 is 2.06 bits per heavy atom. The Morgan fingerprint density at radius 1 is 1.35 bits per heavy atom. The Labute approximate surface area is 98.9 Å². The minimum atomic E-state index is -2.78. The molecule has 3 N–H and O–H groups in total. The van der Waals surface area contributed by atoms with Crippen LogP contribution in [0.4, 0.5) is 8.78 Å². The monoisotopic (exact) mass is 242 g/mol. The number of alkyl halides is 2. The lowest BCUT2D eigenvalue weighted by molar-refractivity contribution is -0.0505. The molecule has 0 aromatic heterocycles. The van der Waals surface area contributed by atoms with Crippen LogP contribution in [0.3, 0.4) is 0 Å². The smallest absolute Gasteiger partial charge is 0.387 e. The van der Waals surface area contributed by atoms with Crippen LogP contribution in [0.25, 0.3) is 0 Å². The van der Waals surface area contributed by atoms with Crippen LogP contribution in [0.15, 0.2) is 24.3 Å². The lowest BCUT2D eigenvalue weighted by Gasteiger charge is -2.33. The van der Waals surface area contributed by atoms with Crippen LogP contribution in [-0.4, -0.2) is 18.7 Å². The molecule has 0 unspecified atom stereocenters. The fraction of sp³-hybridized carbons (Fsp3) is 0.500. The Bertz CT molecular complexity index is 367. The van der Waals surface area contributed by atoms with Gasteiger partial charge in [-0.1, -0.05) is 18.2 Å². The second-order valence-corrected chi connectivity index (χ2v) is 4.30. The maximum atomic E-state index is 12.2. The van der Waals surface area contributed by atoms with E-state index in [-0.39, 0.29) is 11.8 Å². The molecule has 1 saturated carbocycles. The number of ether oxygens (including phenoxy) is 1. The zero-order chi connectivity index (χ0) is 12.3. The van der Waals surface area contributed by atoms with E-state index in [1.165, 1.54) is 0 Å². The highest BCUT2D eigenvalue weighted by Crippen LogP contribution is 2.22. The molecular formula is C12H16F2N2O. The number of nitrogens with one attached hydrogen (secondary N) is 1. The standard InChI is InChI=1S/C12H16F2N2O/c13-12(14)17-11-4-2-1-3-8(11)7-16-10-5-9(15)6-10/h1-4,9-10,12,16H,5-7,15H2. The summed E-state index contributed by atoms with van der Waals surface area (Å²) >= 11 is 0. The van der Waals surface area contributed by atoms with Gasteiger partial charge in [-0.25, -0.2) is 0 Å². The van der Waals surface area contributed by atoms with E-state index in [9.17, 15) is 8.78 Å². The molecule has 1 aromatic carbocycles. The molecule has 2 rings (SSSR count). The van der Waals surface area contributed by atoms with Gasteiger partial charge in [-0.15, -0.1) is 0 Å². The Hall–Kier alpha value is -1.20. The van der Waals surface area contributed by atoms with Crippen molar-refractivity contribution >= 4 is 0 Å². The van der Waals surface area contributed by atoms with Gasteiger partial charge in [0.05, 0.1) is 0 Å². The average molecular weight is 242 g/mol. The van der Waals surface area contributed by atoms with Gasteiger partial charge in [0.2, 0.25) is 0 Å². The molecule has 5 heteroatoms. The summed E-state index contributed by atoms with van der Waals surface area (Å²) in [4.78, 5) is 0. The number of benzene rings is 1. The van der Waals surface area contributed by atoms with Gasteiger partial charge in [-0.2, -0.15) is 8.78 Å². The van der Waals surface area contributed by atoms with E-state index in [1.807, 2.05) is 6.07 Å². The molecule has 0 saturated heterocycles. The first-order chi connectivity index (χ1) is 8.15. The van der Waals surface area contributed by atoms with Gasteiger partial charge in [0.25, 0.3) is 0 Å². The SMILES string of the molecule is NC1CC(NCc2ccccc2OC(F)F)C1. The van der Waals surface area contributed by atoms with E-state index >= 15 is 0 Å². The topological polar surface area (TPSA) is 47.3 Å². The number of halogens is 2. The fourth-order valence-electron chi connectivity index (χ4n) is 1.94. The predicted octanol–water partition coefficient (Wildman–Crippen LogP) is 1.87. The van der Waals surface area contributed by atoms with Gasteiger partial charge in [0.1, 0.15) is 5.75 Å². The lowest BCUT2D eigenvalue weighted by atomic mass is 9.87. The molecule has 1 aliphatic carbocycles. The van der Waals surface area contributed by atoms with Gasteiger partial charge >= 0.3 is 6.61 Å². The second kappa shape index (κ2) is 5.42. The van der Waals surface area contributed by atoms with Crippen LogP contribution >= 0.6 is 0 Å². The molecule has 0 radical (unpaired) electrons. The number of para-hydroxylation sites is 1. The maximum Gasteiger partial charge on any atom is 0.387 e. The van der Waals surface area contributed by atoms with Gasteiger partial charge in [0.15, 0.2) is 0 Å². The highest BCUT2D eigenvalue weighted by molar-refractivity contribution is 5.33. The first kappa shape index (κ1) is 12.3. The molecule has 0 amide bonds. The second-order valence-electron chi connectivity index (χ2n) is 4.30. The number of nitrogens with two attached hydrogens (primary N) is 1. The molecule has 0 atom stereocenters. The molecular weight excluding hydrogens is 226 g/mol. The third-order valence-corrected chi connectivity index (χ3v) is 2.94. The Kier molecular flexibility index (Phi) is 3.91. The Morgan fingerprint density at radius 3 is 2.71 bits per heavy atom. The molecule has 0 bridgehead atoms. The average Bonchev–Trinajstić information content (AvgIpc) is 2.24. The number of rotatable bonds is 5. The Balaban J connectivity index is 1.90. The van der Waals surface area contributed by atoms with E-state index in [4.69, 9.17) is 5.73 Å². The van der Waals surface area contributed by atoms with Crippen LogP contribution in [0.2, 0.25) is 0 Å². The maximum absolute atomic E-state index is 12.2. The first-order valence-electron chi connectivity index (χ1n) is 5.67. The summed E-state index contributed by atoms with van der Waals surface area (Å²) in [7, 11) is 0. The van der Waals surface area contributed by atoms with E-state index < -0.39 is 6.61 Å². The third kappa shape index (κ3) is 3.38. The summed E-state index contributed by atoms with van der Waals surface area (Å²) in [5.74, 6) is 0.235. The zero-order valence-corrected chi connectivity index (χ0v) is 9.40. The molecule has 1 fully saturated rings. The van der Waals surface area contributed by atoms with Crippen LogP contribution < -0.4 is 15.8 Å². The normalized spacial score (nSPS) is 23.5. The van der Waals surface area contributed by atoms with E-state index in [1.54, 1.807) is 18.2 Å². The van der Waals surface area contributed by atoms with E-state index in [2.05, 4.69) is 10.1 Å². The highest BCUT2D eigenvalue weighted by Gasteiger charge is 2.25. The van der Waals surface area contributed by atoms with Crippen molar-refractivity contribution in [3.8, 4) is 5.75 Å². The zero-order valence-electron chi connectivity index (χ0n) is 9.40. The fourth-order valence-corrected chi connectivity index (χ4v) is 1.94. The minimum Gasteiger partial charge on any atom is -0.434 e. The van der Waals surface area contributed by atoms with Crippen LogP contribution in [0.1, 0.15) is 18.4 Å². The van der Waals surface area contributed by atoms with Crippen molar-refractivity contribution in [2.24, 2.45) is 5.73 Å². The molecule has 1 aliphatic rings. The number of hydrogen-bond donors (Lipinski definition) is 2. The predicted molar refractivity (Wildman–Crippen MR) is 60.9 cm³/mol. The van der Waals surface area contributed by atoms with Gasteiger partial charge in [-0.3, -0.25) is 0 Å². The quantitative estimate of drug-likeness (QED) is 0.828. The van der Waals surface area contributed by atoms with E-state index in [0.717, 1.165) is 18.4 Å². The summed E-state index contributed by atoms with van der Waals surface area (Å²) in [5, 5.41) is 3.27. The van der Waals surface area contributed by atoms with Crippen molar-refractivity contribution in [2.75, 3.05) is 0 Å². The molecule has 0 heterocycles. The van der Waals surface area contributed by atoms with E-state index in [0.29, 0.717) is 12.6 Å². The highest BCUT2D eigenvalue weighted by atomic mass is 19.3. The summed E-state index contributed by atoms with van der Waals surface area (Å²) in [6.45, 7) is -2.26. The molecule has 0 aliphatic heterocycles. The lowest BCUT2D eigenvalue weighted by Crippen LogP contribution is -2.48. The van der Waals surface area contributed by atoms with Crippen molar-refractivity contribution in [3.05, 3.63) is 29.8 Å². The van der Waals surface area contributed by atoms with Crippen LogP contribution in [0, 0.1) is 0 Å². The van der Waals surface area contributed by atoms with Gasteiger partial charge in [0, 0.05) is 24.2 Å². The van der Waals surface area contributed by atoms with Crippen molar-refractivity contribution in [2.45, 2.75) is 38.1 Å². The van der Waals surface area contributed by atoms with Crippen molar-refractivity contribution < 1.29 is 13.5 Å². The third-order valence-electron chi connectivity index (χ3n) is 2.94. The summed E-state index contributed by atoms with van der Waals surface area (Å²) in [6.07, 6.45) is 1.88. The van der Waals surface area contributed by atoms with Gasteiger partial charge < -0.3 is 15.8 Å². The van der Waals surface area contributed by atoms with Crippen LogP contribution in [-0.2, 0) is 6.54 Å². The molecule has 17 heavy (non-hydrogen) atoms. The molecule has 94 valence electrons. The summed E-state index contributed by atoms with van der Waals surface area (Å²) in [6, 6.07) is 7.49. The minimum absolute atomic E-state index is 0.235. The molecule has 1 aromatic rings. The van der Waals surface area contributed by atoms with Gasteiger partial charge in [-0.05, 0) is 18.9 Å². The number of hydrogen-bond acceptors (Lipinski definition) is 3. The molecule has 0 spiro atoms. The van der Waals surface area contributed by atoms with Crippen molar-refractivity contribution in [1.82, 2.24) is 5.32 Å². The summed E-state index contributed by atoms with van der Waals surface area (Å²) < 4.78 is 28.8. The summed E-state index contributed by atoms with van der Waals surface area (Å²) in [5.41, 5.74) is 6.41. The van der Waals surface area contributed by atoms with Crippen LogP contribution in [0.5, 0.6) is 5.75 Å². The van der Waals surface area contributed by atoms with Crippen molar-refractivity contribution in [3.63, 3.8) is 0 Å². The van der Waals surface area contributed by atoms with Crippen molar-refractivity contribution in [1.29, 1.82) is 0 Å². The first-order valence-corrected chi connectivity index (χ1v) is 5.67. The largest absolute Gasteiger partial charge is 0.434 e.